The van der Waals surface area contributed by atoms with Crippen LogP contribution in [0.1, 0.15) is 29.0 Å². The second-order valence-electron chi connectivity index (χ2n) is 4.48. The second-order valence-corrected chi connectivity index (χ2v) is 5.14. The smallest absolute Gasteiger partial charge is 0.0577 e. The molecule has 0 saturated carbocycles. The maximum atomic E-state index is 6.18. The molecule has 0 bridgehead atoms. The highest BCUT2D eigenvalue weighted by Crippen LogP contribution is 2.27. The Labute approximate surface area is 114 Å². The number of halogens is 1. The van der Waals surface area contributed by atoms with Crippen molar-refractivity contribution in [2.45, 2.75) is 25.8 Å². The summed E-state index contributed by atoms with van der Waals surface area (Å²) in [5.74, 6) is 0. The van der Waals surface area contributed by atoms with Gasteiger partial charge in [-0.15, -0.1) is 11.6 Å². The van der Waals surface area contributed by atoms with E-state index in [0.29, 0.717) is 0 Å². The van der Waals surface area contributed by atoms with Gasteiger partial charge in [-0.1, -0.05) is 42.5 Å². The van der Waals surface area contributed by atoms with Crippen molar-refractivity contribution in [1.82, 2.24) is 0 Å². The third-order valence-corrected chi connectivity index (χ3v) is 3.35. The number of hydrogen-bond acceptors (Lipinski definition) is 1. The largest absolute Gasteiger partial charge is 0.381 e. The van der Waals surface area contributed by atoms with Crippen molar-refractivity contribution in [1.29, 1.82) is 0 Å². The molecule has 0 aliphatic carbocycles. The molecule has 0 aliphatic heterocycles. The van der Waals surface area contributed by atoms with Gasteiger partial charge in [0.2, 0.25) is 0 Å². The molecule has 0 heterocycles. The number of alkyl halides is 1. The standard InChI is InChI=1S/C16H18ClN/c1-12-7-3-4-8-14(12)11-18-16-10-6-5-9-15(16)13(2)17/h3-10,13,18H,11H2,1-2H3. The number of benzene rings is 2. The molecule has 1 N–H and O–H groups in total. The molecule has 94 valence electrons. The fourth-order valence-corrected chi connectivity index (χ4v) is 2.19. The Hall–Kier alpha value is -1.47. The summed E-state index contributed by atoms with van der Waals surface area (Å²) >= 11 is 6.18. The lowest BCUT2D eigenvalue weighted by molar-refractivity contribution is 1.05. The first kappa shape index (κ1) is 13.0. The minimum Gasteiger partial charge on any atom is -0.381 e. The van der Waals surface area contributed by atoms with E-state index in [4.69, 9.17) is 11.6 Å². The predicted octanol–water partition coefficient (Wildman–Crippen LogP) is 4.91. The van der Waals surface area contributed by atoms with Crippen molar-refractivity contribution >= 4 is 17.3 Å². The van der Waals surface area contributed by atoms with Gasteiger partial charge in [0.25, 0.3) is 0 Å². The van der Waals surface area contributed by atoms with Crippen LogP contribution in [-0.2, 0) is 6.54 Å². The number of nitrogens with one attached hydrogen (secondary N) is 1. The quantitative estimate of drug-likeness (QED) is 0.770. The fraction of sp³-hybridized carbons (Fsp3) is 0.250. The highest BCUT2D eigenvalue weighted by molar-refractivity contribution is 6.21. The van der Waals surface area contributed by atoms with Crippen LogP contribution in [-0.4, -0.2) is 0 Å². The van der Waals surface area contributed by atoms with Gasteiger partial charge in [0.05, 0.1) is 5.38 Å². The van der Waals surface area contributed by atoms with Crippen molar-refractivity contribution in [3.05, 3.63) is 65.2 Å². The van der Waals surface area contributed by atoms with Crippen LogP contribution >= 0.6 is 11.6 Å². The first-order valence-electron chi connectivity index (χ1n) is 6.20. The Kier molecular flexibility index (Phi) is 4.27. The molecule has 0 aliphatic rings. The van der Waals surface area contributed by atoms with Gasteiger partial charge in [0.15, 0.2) is 0 Å². The number of aryl methyl sites for hydroxylation is 1. The molecule has 1 nitrogen and oxygen atoms in total. The van der Waals surface area contributed by atoms with Crippen LogP contribution in [0.4, 0.5) is 5.69 Å². The minimum absolute atomic E-state index is 0.0190. The molecular weight excluding hydrogens is 242 g/mol. The molecule has 0 amide bonds. The second kappa shape index (κ2) is 5.92. The Morgan fingerprint density at radius 3 is 2.44 bits per heavy atom. The molecule has 2 aromatic carbocycles. The SMILES string of the molecule is Cc1ccccc1CNc1ccccc1C(C)Cl. The molecule has 2 aromatic rings. The van der Waals surface area contributed by atoms with Crippen LogP contribution in [0, 0.1) is 6.92 Å². The third-order valence-electron chi connectivity index (χ3n) is 3.12. The summed E-state index contributed by atoms with van der Waals surface area (Å²) < 4.78 is 0. The number of rotatable bonds is 4. The molecule has 1 unspecified atom stereocenters. The van der Waals surface area contributed by atoms with E-state index in [9.17, 15) is 0 Å². The first-order chi connectivity index (χ1) is 8.68. The highest BCUT2D eigenvalue weighted by atomic mass is 35.5. The van der Waals surface area contributed by atoms with Crippen LogP contribution < -0.4 is 5.32 Å². The average Bonchev–Trinajstić information content (AvgIpc) is 2.38. The van der Waals surface area contributed by atoms with Gasteiger partial charge in [-0.25, -0.2) is 0 Å². The Morgan fingerprint density at radius 1 is 1.06 bits per heavy atom. The van der Waals surface area contributed by atoms with E-state index in [2.05, 4.69) is 48.6 Å². The maximum Gasteiger partial charge on any atom is 0.0577 e. The van der Waals surface area contributed by atoms with Gasteiger partial charge in [0.1, 0.15) is 0 Å². The van der Waals surface area contributed by atoms with Crippen molar-refractivity contribution < 1.29 is 0 Å². The molecule has 18 heavy (non-hydrogen) atoms. The van der Waals surface area contributed by atoms with Gasteiger partial charge in [0, 0.05) is 12.2 Å². The van der Waals surface area contributed by atoms with Crippen LogP contribution in [0.3, 0.4) is 0 Å². The summed E-state index contributed by atoms with van der Waals surface area (Å²) in [6.07, 6.45) is 0. The summed E-state index contributed by atoms with van der Waals surface area (Å²) in [7, 11) is 0. The maximum absolute atomic E-state index is 6.18. The summed E-state index contributed by atoms with van der Waals surface area (Å²) in [6, 6.07) is 16.6. The van der Waals surface area contributed by atoms with Crippen LogP contribution in [0.5, 0.6) is 0 Å². The van der Waals surface area contributed by atoms with Crippen LogP contribution in [0.15, 0.2) is 48.5 Å². The third kappa shape index (κ3) is 3.05. The Balaban J connectivity index is 2.14. The molecule has 1 atom stereocenters. The van der Waals surface area contributed by atoms with E-state index in [0.717, 1.165) is 17.8 Å². The summed E-state index contributed by atoms with van der Waals surface area (Å²) in [5, 5.41) is 3.49. The predicted molar refractivity (Wildman–Crippen MR) is 79.2 cm³/mol. The number of para-hydroxylation sites is 1. The molecule has 2 rings (SSSR count). The fourth-order valence-electron chi connectivity index (χ4n) is 2.00. The summed E-state index contributed by atoms with van der Waals surface area (Å²) in [4.78, 5) is 0. The molecule has 0 aromatic heterocycles. The Bertz CT molecular complexity index is 520. The normalized spacial score (nSPS) is 12.2. The van der Waals surface area contributed by atoms with Gasteiger partial charge in [-0.05, 0) is 36.6 Å². The van der Waals surface area contributed by atoms with E-state index in [-0.39, 0.29) is 5.38 Å². The van der Waals surface area contributed by atoms with Crippen LogP contribution in [0.25, 0.3) is 0 Å². The molecular formula is C16H18ClN. The van der Waals surface area contributed by atoms with Crippen LogP contribution in [0.2, 0.25) is 0 Å². The number of anilines is 1. The molecule has 0 spiro atoms. The topological polar surface area (TPSA) is 12.0 Å². The molecule has 0 fully saturated rings. The van der Waals surface area contributed by atoms with E-state index in [1.807, 2.05) is 19.1 Å². The highest BCUT2D eigenvalue weighted by Gasteiger charge is 2.07. The number of hydrogen-bond donors (Lipinski definition) is 1. The van der Waals surface area contributed by atoms with Crippen molar-refractivity contribution in [3.63, 3.8) is 0 Å². The molecule has 2 heteroatoms. The molecule has 0 radical (unpaired) electrons. The van der Waals surface area contributed by atoms with Gasteiger partial charge in [-0.2, -0.15) is 0 Å². The van der Waals surface area contributed by atoms with E-state index >= 15 is 0 Å². The summed E-state index contributed by atoms with van der Waals surface area (Å²) in [5.41, 5.74) is 4.88. The zero-order chi connectivity index (χ0) is 13.0. The van der Waals surface area contributed by atoms with E-state index in [1.165, 1.54) is 11.1 Å². The van der Waals surface area contributed by atoms with Crippen molar-refractivity contribution in [2.75, 3.05) is 5.32 Å². The zero-order valence-corrected chi connectivity index (χ0v) is 11.5. The van der Waals surface area contributed by atoms with Gasteiger partial charge in [-0.3, -0.25) is 0 Å². The lowest BCUT2D eigenvalue weighted by Crippen LogP contribution is -2.03. The monoisotopic (exact) mass is 259 g/mol. The van der Waals surface area contributed by atoms with E-state index < -0.39 is 0 Å². The minimum atomic E-state index is 0.0190. The molecule has 0 saturated heterocycles. The lowest BCUT2D eigenvalue weighted by Gasteiger charge is -2.14. The summed E-state index contributed by atoms with van der Waals surface area (Å²) in [6.45, 7) is 4.95. The van der Waals surface area contributed by atoms with Crippen molar-refractivity contribution in [3.8, 4) is 0 Å². The lowest BCUT2D eigenvalue weighted by atomic mass is 10.1. The van der Waals surface area contributed by atoms with Gasteiger partial charge < -0.3 is 5.32 Å². The van der Waals surface area contributed by atoms with E-state index in [1.54, 1.807) is 0 Å². The first-order valence-corrected chi connectivity index (χ1v) is 6.63. The Morgan fingerprint density at radius 2 is 1.72 bits per heavy atom. The zero-order valence-electron chi connectivity index (χ0n) is 10.8. The van der Waals surface area contributed by atoms with Crippen molar-refractivity contribution in [2.24, 2.45) is 0 Å². The van der Waals surface area contributed by atoms with Gasteiger partial charge >= 0.3 is 0 Å². The average molecular weight is 260 g/mol.